The van der Waals surface area contributed by atoms with Crippen LogP contribution in [0.1, 0.15) is 11.6 Å². The van der Waals surface area contributed by atoms with Gasteiger partial charge in [0.2, 0.25) is 11.7 Å². The van der Waals surface area contributed by atoms with Crippen LogP contribution in [0.4, 0.5) is 0 Å². The van der Waals surface area contributed by atoms with E-state index in [2.05, 4.69) is 20.3 Å². The first-order valence-electron chi connectivity index (χ1n) is 5.79. The van der Waals surface area contributed by atoms with E-state index in [4.69, 9.17) is 10.3 Å². The molecule has 7 nitrogen and oxygen atoms in total. The van der Waals surface area contributed by atoms with E-state index < -0.39 is 0 Å². The van der Waals surface area contributed by atoms with E-state index in [0.29, 0.717) is 11.7 Å². The van der Waals surface area contributed by atoms with Crippen LogP contribution in [0.2, 0.25) is 0 Å². The zero-order valence-electron chi connectivity index (χ0n) is 10.3. The van der Waals surface area contributed by atoms with Gasteiger partial charge in [0, 0.05) is 0 Å². The first-order valence-corrected chi connectivity index (χ1v) is 5.79. The average molecular weight is 256 g/mol. The van der Waals surface area contributed by atoms with E-state index in [0.717, 1.165) is 16.9 Å². The molecule has 0 saturated heterocycles. The molecule has 19 heavy (non-hydrogen) atoms. The Kier molecular flexibility index (Phi) is 2.81. The third-order valence-corrected chi connectivity index (χ3v) is 2.61. The smallest absolute Gasteiger partial charge is 0.240 e. The van der Waals surface area contributed by atoms with Gasteiger partial charge in [-0.1, -0.05) is 17.3 Å². The third kappa shape index (κ3) is 2.11. The molecule has 0 amide bonds. The average Bonchev–Trinajstić information content (AvgIpc) is 3.07. The van der Waals surface area contributed by atoms with Crippen LogP contribution in [0.15, 0.2) is 35.0 Å². The van der Waals surface area contributed by atoms with Crippen molar-refractivity contribution in [2.75, 3.05) is 0 Å². The van der Waals surface area contributed by atoms with Gasteiger partial charge in [0.15, 0.2) is 0 Å². The fourth-order valence-electron chi connectivity index (χ4n) is 1.74. The van der Waals surface area contributed by atoms with Crippen LogP contribution < -0.4 is 5.73 Å². The van der Waals surface area contributed by atoms with Gasteiger partial charge in [0.25, 0.3) is 0 Å². The van der Waals surface area contributed by atoms with Gasteiger partial charge in [-0.25, -0.2) is 0 Å². The minimum Gasteiger partial charge on any atom is -0.338 e. The SMILES string of the molecule is Cc1cnn(-c2ccccc2-c2noc(CN)n2)n1. The molecule has 3 rings (SSSR count). The number of aromatic nitrogens is 5. The van der Waals surface area contributed by atoms with Gasteiger partial charge >= 0.3 is 0 Å². The minimum atomic E-state index is 0.217. The van der Waals surface area contributed by atoms with Crippen LogP contribution in [0, 0.1) is 6.92 Å². The molecule has 0 aliphatic carbocycles. The fourth-order valence-corrected chi connectivity index (χ4v) is 1.74. The molecular formula is C12H12N6O. The Morgan fingerprint density at radius 2 is 2.16 bits per heavy atom. The highest BCUT2D eigenvalue weighted by Crippen LogP contribution is 2.23. The molecule has 0 aliphatic heterocycles. The molecule has 7 heteroatoms. The standard InChI is InChI=1S/C12H12N6O/c1-8-7-14-18(16-8)10-5-3-2-4-9(10)12-15-11(6-13)19-17-12/h2-5,7H,6,13H2,1H3. The molecule has 0 fully saturated rings. The van der Waals surface area contributed by atoms with E-state index >= 15 is 0 Å². The second-order valence-corrected chi connectivity index (χ2v) is 4.01. The number of benzene rings is 1. The highest BCUT2D eigenvalue weighted by atomic mass is 16.5. The first kappa shape index (κ1) is 11.5. The number of aryl methyl sites for hydroxylation is 1. The zero-order valence-corrected chi connectivity index (χ0v) is 10.3. The van der Waals surface area contributed by atoms with Gasteiger partial charge < -0.3 is 10.3 Å². The summed E-state index contributed by atoms with van der Waals surface area (Å²) in [5.74, 6) is 0.875. The quantitative estimate of drug-likeness (QED) is 0.753. The molecule has 2 heterocycles. The van der Waals surface area contributed by atoms with Gasteiger partial charge in [-0.3, -0.25) is 0 Å². The highest BCUT2D eigenvalue weighted by molar-refractivity contribution is 5.66. The Balaban J connectivity index is 2.11. The molecule has 96 valence electrons. The van der Waals surface area contributed by atoms with Crippen LogP contribution in [0.25, 0.3) is 17.1 Å². The molecular weight excluding hydrogens is 244 g/mol. The molecule has 0 unspecified atom stereocenters. The van der Waals surface area contributed by atoms with Crippen molar-refractivity contribution in [1.82, 2.24) is 25.1 Å². The molecule has 0 spiro atoms. The topological polar surface area (TPSA) is 95.7 Å². The number of hydrogen-bond donors (Lipinski definition) is 1. The molecule has 0 saturated carbocycles. The Morgan fingerprint density at radius 1 is 1.32 bits per heavy atom. The molecule has 0 bridgehead atoms. The Labute approximate surface area is 109 Å². The summed E-state index contributed by atoms with van der Waals surface area (Å²) in [5, 5.41) is 12.4. The van der Waals surface area contributed by atoms with Crippen molar-refractivity contribution in [3.05, 3.63) is 42.0 Å². The van der Waals surface area contributed by atoms with Gasteiger partial charge in [-0.15, -0.1) is 0 Å². The molecule has 0 atom stereocenters. The van der Waals surface area contributed by atoms with Gasteiger partial charge in [-0.2, -0.15) is 20.0 Å². The first-order chi connectivity index (χ1) is 9.28. The monoisotopic (exact) mass is 256 g/mol. The maximum atomic E-state index is 5.47. The predicted octanol–water partition coefficient (Wildman–Crippen LogP) is 1.08. The van der Waals surface area contributed by atoms with Crippen molar-refractivity contribution in [2.45, 2.75) is 13.5 Å². The van der Waals surface area contributed by atoms with E-state index in [1.807, 2.05) is 31.2 Å². The molecule has 2 N–H and O–H groups in total. The van der Waals surface area contributed by atoms with Crippen LogP contribution in [0.3, 0.4) is 0 Å². The van der Waals surface area contributed by atoms with Crippen LogP contribution in [0.5, 0.6) is 0 Å². The third-order valence-electron chi connectivity index (χ3n) is 2.61. The van der Waals surface area contributed by atoms with Crippen molar-refractivity contribution in [3.8, 4) is 17.1 Å². The van der Waals surface area contributed by atoms with Crippen molar-refractivity contribution in [2.24, 2.45) is 5.73 Å². The van der Waals surface area contributed by atoms with Crippen molar-refractivity contribution < 1.29 is 4.52 Å². The fraction of sp³-hybridized carbons (Fsp3) is 0.167. The summed E-state index contributed by atoms with van der Waals surface area (Å²) in [6, 6.07) is 7.58. The molecule has 3 aromatic rings. The molecule has 0 radical (unpaired) electrons. The summed E-state index contributed by atoms with van der Waals surface area (Å²) in [7, 11) is 0. The predicted molar refractivity (Wildman–Crippen MR) is 67.3 cm³/mol. The van der Waals surface area contributed by atoms with Gasteiger partial charge in [0.1, 0.15) is 0 Å². The van der Waals surface area contributed by atoms with Crippen LogP contribution in [-0.4, -0.2) is 25.1 Å². The maximum absolute atomic E-state index is 5.47. The normalized spacial score (nSPS) is 10.8. The lowest BCUT2D eigenvalue weighted by Gasteiger charge is -2.04. The maximum Gasteiger partial charge on any atom is 0.240 e. The highest BCUT2D eigenvalue weighted by Gasteiger charge is 2.13. The second-order valence-electron chi connectivity index (χ2n) is 4.01. The number of nitrogens with zero attached hydrogens (tertiary/aromatic N) is 5. The number of rotatable bonds is 3. The second kappa shape index (κ2) is 4.62. The Bertz CT molecular complexity index is 702. The van der Waals surface area contributed by atoms with Crippen molar-refractivity contribution in [3.63, 3.8) is 0 Å². The summed E-state index contributed by atoms with van der Waals surface area (Å²) in [4.78, 5) is 5.77. The van der Waals surface area contributed by atoms with E-state index in [1.54, 1.807) is 11.0 Å². The van der Waals surface area contributed by atoms with Crippen LogP contribution >= 0.6 is 0 Å². The zero-order chi connectivity index (χ0) is 13.2. The van der Waals surface area contributed by atoms with Crippen LogP contribution in [-0.2, 0) is 6.54 Å². The summed E-state index contributed by atoms with van der Waals surface area (Å²) < 4.78 is 5.03. The lowest BCUT2D eigenvalue weighted by molar-refractivity contribution is 0.380. The number of para-hydroxylation sites is 1. The lowest BCUT2D eigenvalue weighted by Crippen LogP contribution is -2.02. The lowest BCUT2D eigenvalue weighted by atomic mass is 10.2. The van der Waals surface area contributed by atoms with E-state index in [-0.39, 0.29) is 6.54 Å². The summed E-state index contributed by atoms with van der Waals surface area (Å²) in [5.41, 5.74) is 7.89. The summed E-state index contributed by atoms with van der Waals surface area (Å²) in [6.07, 6.45) is 1.69. The minimum absolute atomic E-state index is 0.217. The van der Waals surface area contributed by atoms with Gasteiger partial charge in [-0.05, 0) is 19.1 Å². The van der Waals surface area contributed by atoms with E-state index in [1.165, 1.54) is 0 Å². The van der Waals surface area contributed by atoms with Gasteiger partial charge in [0.05, 0.1) is 29.7 Å². The van der Waals surface area contributed by atoms with Crippen molar-refractivity contribution in [1.29, 1.82) is 0 Å². The Morgan fingerprint density at radius 3 is 2.84 bits per heavy atom. The van der Waals surface area contributed by atoms with Crippen molar-refractivity contribution >= 4 is 0 Å². The largest absolute Gasteiger partial charge is 0.338 e. The summed E-state index contributed by atoms with van der Waals surface area (Å²) >= 11 is 0. The molecule has 1 aromatic carbocycles. The molecule has 0 aliphatic rings. The Hall–Kier alpha value is -2.54. The molecule has 2 aromatic heterocycles. The summed E-state index contributed by atoms with van der Waals surface area (Å²) in [6.45, 7) is 2.10. The number of hydrogen-bond acceptors (Lipinski definition) is 6. The van der Waals surface area contributed by atoms with E-state index in [9.17, 15) is 0 Å². The number of nitrogens with two attached hydrogens (primary N) is 1.